The highest BCUT2D eigenvalue weighted by molar-refractivity contribution is 5.25. The maximum absolute atomic E-state index is 5.86. The summed E-state index contributed by atoms with van der Waals surface area (Å²) in [6.45, 7) is 12.9. The van der Waals surface area contributed by atoms with Crippen molar-refractivity contribution in [3.05, 3.63) is 17.0 Å². The molecule has 1 atom stereocenters. The Labute approximate surface area is 111 Å². The third-order valence-electron chi connectivity index (χ3n) is 2.96. The van der Waals surface area contributed by atoms with Gasteiger partial charge in [-0.05, 0) is 38.7 Å². The molecule has 0 amide bonds. The fourth-order valence-corrected chi connectivity index (χ4v) is 2.04. The molecular formula is C14H27N3O. The quantitative estimate of drug-likeness (QED) is 0.757. The van der Waals surface area contributed by atoms with Gasteiger partial charge in [0.05, 0.1) is 18.8 Å². The van der Waals surface area contributed by atoms with Crippen LogP contribution in [0.25, 0.3) is 0 Å². The first-order valence-electron chi connectivity index (χ1n) is 6.78. The highest BCUT2D eigenvalue weighted by atomic mass is 16.5. The van der Waals surface area contributed by atoms with E-state index < -0.39 is 0 Å². The number of hydrogen-bond acceptors (Lipinski definition) is 3. The van der Waals surface area contributed by atoms with Gasteiger partial charge in [-0.25, -0.2) is 0 Å². The lowest BCUT2D eigenvalue weighted by atomic mass is 10.1. The van der Waals surface area contributed by atoms with Crippen molar-refractivity contribution in [1.29, 1.82) is 0 Å². The molecule has 0 aliphatic carbocycles. The monoisotopic (exact) mass is 253 g/mol. The van der Waals surface area contributed by atoms with E-state index in [1.165, 1.54) is 11.3 Å². The number of aromatic nitrogens is 2. The summed E-state index contributed by atoms with van der Waals surface area (Å²) in [4.78, 5) is 0. The highest BCUT2D eigenvalue weighted by Crippen LogP contribution is 2.14. The SMILES string of the molecule is Cc1nn(CCOCC(C)C)c(C)c1CC(C)N. The Morgan fingerprint density at radius 2 is 1.94 bits per heavy atom. The Balaban J connectivity index is 2.56. The number of rotatable bonds is 7. The van der Waals surface area contributed by atoms with Crippen LogP contribution in [0.3, 0.4) is 0 Å². The summed E-state index contributed by atoms with van der Waals surface area (Å²) in [7, 11) is 0. The smallest absolute Gasteiger partial charge is 0.0662 e. The van der Waals surface area contributed by atoms with Crippen molar-refractivity contribution in [2.45, 2.75) is 53.6 Å². The molecule has 18 heavy (non-hydrogen) atoms. The molecule has 0 aliphatic heterocycles. The van der Waals surface area contributed by atoms with E-state index in [1.54, 1.807) is 0 Å². The first-order valence-corrected chi connectivity index (χ1v) is 6.78. The summed E-state index contributed by atoms with van der Waals surface area (Å²) >= 11 is 0. The van der Waals surface area contributed by atoms with Gasteiger partial charge in [0.15, 0.2) is 0 Å². The van der Waals surface area contributed by atoms with Crippen LogP contribution in [-0.4, -0.2) is 29.0 Å². The molecule has 1 aromatic heterocycles. The zero-order valence-electron chi connectivity index (χ0n) is 12.4. The van der Waals surface area contributed by atoms with Crippen LogP contribution in [0.15, 0.2) is 0 Å². The van der Waals surface area contributed by atoms with Gasteiger partial charge in [0.2, 0.25) is 0 Å². The van der Waals surface area contributed by atoms with Crippen LogP contribution in [0, 0.1) is 19.8 Å². The molecule has 0 radical (unpaired) electrons. The molecule has 2 N–H and O–H groups in total. The van der Waals surface area contributed by atoms with E-state index in [2.05, 4.69) is 32.8 Å². The lowest BCUT2D eigenvalue weighted by Crippen LogP contribution is -2.18. The molecule has 0 spiro atoms. The van der Waals surface area contributed by atoms with Crippen LogP contribution >= 0.6 is 0 Å². The number of nitrogens with two attached hydrogens (primary N) is 1. The van der Waals surface area contributed by atoms with E-state index >= 15 is 0 Å². The predicted octanol–water partition coefficient (Wildman–Crippen LogP) is 2.06. The summed E-state index contributed by atoms with van der Waals surface area (Å²) in [5, 5.41) is 4.56. The van der Waals surface area contributed by atoms with E-state index in [-0.39, 0.29) is 6.04 Å². The Hall–Kier alpha value is -0.870. The maximum Gasteiger partial charge on any atom is 0.0662 e. The molecule has 1 unspecified atom stereocenters. The van der Waals surface area contributed by atoms with Crippen LogP contribution in [-0.2, 0) is 17.7 Å². The van der Waals surface area contributed by atoms with Crippen LogP contribution in [0.2, 0.25) is 0 Å². The van der Waals surface area contributed by atoms with Crippen molar-refractivity contribution in [3.63, 3.8) is 0 Å². The standard InChI is InChI=1S/C14H27N3O/c1-10(2)9-18-7-6-17-13(5)14(8-11(3)15)12(4)16-17/h10-11H,6-9,15H2,1-5H3. The van der Waals surface area contributed by atoms with Crippen molar-refractivity contribution in [3.8, 4) is 0 Å². The predicted molar refractivity (Wildman–Crippen MR) is 74.7 cm³/mol. The summed E-state index contributed by atoms with van der Waals surface area (Å²) < 4.78 is 7.63. The summed E-state index contributed by atoms with van der Waals surface area (Å²) in [6, 6.07) is 0.178. The second-order valence-electron chi connectivity index (χ2n) is 5.52. The van der Waals surface area contributed by atoms with Gasteiger partial charge in [-0.15, -0.1) is 0 Å². The van der Waals surface area contributed by atoms with E-state index in [4.69, 9.17) is 10.5 Å². The van der Waals surface area contributed by atoms with E-state index in [1.807, 2.05) is 11.6 Å². The van der Waals surface area contributed by atoms with Gasteiger partial charge in [-0.2, -0.15) is 5.10 Å². The molecular weight excluding hydrogens is 226 g/mol. The van der Waals surface area contributed by atoms with E-state index in [9.17, 15) is 0 Å². The molecule has 0 bridgehead atoms. The van der Waals surface area contributed by atoms with E-state index in [0.717, 1.165) is 31.9 Å². The van der Waals surface area contributed by atoms with Crippen LogP contribution in [0.4, 0.5) is 0 Å². The molecule has 1 aromatic rings. The highest BCUT2D eigenvalue weighted by Gasteiger charge is 2.12. The lowest BCUT2D eigenvalue weighted by molar-refractivity contribution is 0.100. The van der Waals surface area contributed by atoms with Crippen molar-refractivity contribution in [2.24, 2.45) is 11.7 Å². The topological polar surface area (TPSA) is 53.1 Å². The van der Waals surface area contributed by atoms with Gasteiger partial charge in [-0.3, -0.25) is 4.68 Å². The molecule has 104 valence electrons. The zero-order valence-corrected chi connectivity index (χ0v) is 12.4. The van der Waals surface area contributed by atoms with Gasteiger partial charge in [-0.1, -0.05) is 13.8 Å². The minimum atomic E-state index is 0.178. The summed E-state index contributed by atoms with van der Waals surface area (Å²) in [5.41, 5.74) is 9.46. The number of aryl methyl sites for hydroxylation is 1. The Morgan fingerprint density at radius 3 is 2.50 bits per heavy atom. The molecule has 4 nitrogen and oxygen atoms in total. The van der Waals surface area contributed by atoms with Gasteiger partial charge >= 0.3 is 0 Å². The Morgan fingerprint density at radius 1 is 1.28 bits per heavy atom. The van der Waals surface area contributed by atoms with Crippen molar-refractivity contribution < 1.29 is 4.74 Å². The van der Waals surface area contributed by atoms with Crippen molar-refractivity contribution in [1.82, 2.24) is 9.78 Å². The molecule has 0 aliphatic rings. The normalized spacial score (nSPS) is 13.3. The van der Waals surface area contributed by atoms with Gasteiger partial charge in [0, 0.05) is 18.3 Å². The van der Waals surface area contributed by atoms with Crippen molar-refractivity contribution in [2.75, 3.05) is 13.2 Å². The molecule has 0 saturated heterocycles. The van der Waals surface area contributed by atoms with Crippen LogP contribution in [0.1, 0.15) is 37.7 Å². The summed E-state index contributed by atoms with van der Waals surface area (Å²) in [6.07, 6.45) is 0.893. The zero-order chi connectivity index (χ0) is 13.7. The molecule has 1 rings (SSSR count). The van der Waals surface area contributed by atoms with Crippen LogP contribution < -0.4 is 5.73 Å². The molecule has 0 aromatic carbocycles. The minimum Gasteiger partial charge on any atom is -0.379 e. The van der Waals surface area contributed by atoms with Crippen LogP contribution in [0.5, 0.6) is 0 Å². The second kappa shape index (κ2) is 6.90. The Bertz CT molecular complexity index is 369. The largest absolute Gasteiger partial charge is 0.379 e. The average Bonchev–Trinajstić information content (AvgIpc) is 2.51. The average molecular weight is 253 g/mol. The first kappa shape index (κ1) is 15.2. The first-order chi connectivity index (χ1) is 8.41. The van der Waals surface area contributed by atoms with Gasteiger partial charge in [0.25, 0.3) is 0 Å². The minimum absolute atomic E-state index is 0.178. The van der Waals surface area contributed by atoms with Gasteiger partial charge in [0.1, 0.15) is 0 Å². The maximum atomic E-state index is 5.86. The summed E-state index contributed by atoms with van der Waals surface area (Å²) in [5.74, 6) is 0.583. The number of nitrogens with zero attached hydrogens (tertiary/aromatic N) is 2. The molecule has 4 heteroatoms. The fourth-order valence-electron chi connectivity index (χ4n) is 2.04. The molecule has 0 fully saturated rings. The Kier molecular flexibility index (Phi) is 5.82. The third kappa shape index (κ3) is 4.42. The molecule has 0 saturated carbocycles. The van der Waals surface area contributed by atoms with Crippen molar-refractivity contribution >= 4 is 0 Å². The van der Waals surface area contributed by atoms with Gasteiger partial charge < -0.3 is 10.5 Å². The number of ether oxygens (including phenoxy) is 1. The second-order valence-corrected chi connectivity index (χ2v) is 5.52. The third-order valence-corrected chi connectivity index (χ3v) is 2.96. The van der Waals surface area contributed by atoms with E-state index in [0.29, 0.717) is 5.92 Å². The lowest BCUT2D eigenvalue weighted by Gasteiger charge is -2.09. The fraction of sp³-hybridized carbons (Fsp3) is 0.786. The molecule has 1 heterocycles. The number of hydrogen-bond donors (Lipinski definition) is 1.